The molecule has 0 aliphatic carbocycles. The van der Waals surface area contributed by atoms with Crippen LogP contribution < -0.4 is 0 Å². The van der Waals surface area contributed by atoms with Crippen molar-refractivity contribution in [3.8, 4) is 6.07 Å². The Balaban J connectivity index is 2.23. The maximum atomic E-state index is 13.0. The van der Waals surface area contributed by atoms with Gasteiger partial charge < -0.3 is 4.98 Å². The lowest BCUT2D eigenvalue weighted by atomic mass is 10.3. The number of nitriles is 1. The van der Waals surface area contributed by atoms with Gasteiger partial charge in [0.1, 0.15) is 0 Å². The molecule has 1 aromatic carbocycles. The van der Waals surface area contributed by atoms with Gasteiger partial charge in [-0.1, -0.05) is 11.8 Å². The van der Waals surface area contributed by atoms with Gasteiger partial charge in [-0.25, -0.2) is 13.8 Å². The topological polar surface area (TPSA) is 52.5 Å². The number of nitrogens with one attached hydrogen (secondary N) is 1. The summed E-state index contributed by atoms with van der Waals surface area (Å²) < 4.78 is 25.9. The molecule has 1 heterocycles. The molecule has 3 nitrogen and oxygen atoms in total. The molecule has 1 unspecified atom stereocenters. The van der Waals surface area contributed by atoms with Gasteiger partial charge in [0, 0.05) is 17.9 Å². The van der Waals surface area contributed by atoms with Crippen molar-refractivity contribution >= 4 is 22.8 Å². The number of aromatic amines is 1. The summed E-state index contributed by atoms with van der Waals surface area (Å²) in [7, 11) is 0. The zero-order chi connectivity index (χ0) is 12.4. The molecular formula is C11H9F2N3S. The van der Waals surface area contributed by atoms with E-state index in [0.717, 1.165) is 12.1 Å². The Morgan fingerprint density at radius 1 is 1.47 bits per heavy atom. The Morgan fingerprint density at radius 3 is 2.88 bits per heavy atom. The van der Waals surface area contributed by atoms with Gasteiger partial charge in [0.05, 0.1) is 23.0 Å². The highest BCUT2D eigenvalue weighted by atomic mass is 32.2. The van der Waals surface area contributed by atoms with E-state index in [1.165, 1.54) is 11.8 Å². The van der Waals surface area contributed by atoms with Crippen LogP contribution in [0.1, 0.15) is 6.92 Å². The number of halogens is 2. The molecule has 6 heteroatoms. The Hall–Kier alpha value is -1.61. The van der Waals surface area contributed by atoms with Gasteiger partial charge in [-0.15, -0.1) is 0 Å². The van der Waals surface area contributed by atoms with Crippen molar-refractivity contribution in [2.24, 2.45) is 5.92 Å². The third kappa shape index (κ3) is 2.56. The number of imidazole rings is 1. The van der Waals surface area contributed by atoms with Crippen molar-refractivity contribution in [2.45, 2.75) is 12.1 Å². The average molecular weight is 253 g/mol. The summed E-state index contributed by atoms with van der Waals surface area (Å²) in [6.45, 7) is 1.80. The smallest absolute Gasteiger partial charge is 0.166 e. The quantitative estimate of drug-likeness (QED) is 0.855. The van der Waals surface area contributed by atoms with Gasteiger partial charge in [0.15, 0.2) is 16.8 Å². The Morgan fingerprint density at radius 2 is 2.18 bits per heavy atom. The van der Waals surface area contributed by atoms with E-state index in [-0.39, 0.29) is 5.92 Å². The second kappa shape index (κ2) is 4.72. The first-order valence-corrected chi connectivity index (χ1v) is 5.96. The van der Waals surface area contributed by atoms with Crippen molar-refractivity contribution in [2.75, 3.05) is 5.75 Å². The minimum absolute atomic E-state index is 0.0957. The molecule has 88 valence electrons. The normalized spacial score (nSPS) is 12.6. The summed E-state index contributed by atoms with van der Waals surface area (Å²) in [4.78, 5) is 6.99. The third-order valence-corrected chi connectivity index (χ3v) is 3.33. The number of hydrogen-bond donors (Lipinski definition) is 1. The lowest BCUT2D eigenvalue weighted by Gasteiger charge is -1.97. The van der Waals surface area contributed by atoms with E-state index >= 15 is 0 Å². The summed E-state index contributed by atoms with van der Waals surface area (Å²) in [5.41, 5.74) is 0.840. The predicted molar refractivity (Wildman–Crippen MR) is 61.5 cm³/mol. The summed E-state index contributed by atoms with van der Waals surface area (Å²) in [5, 5.41) is 9.19. The molecule has 1 N–H and O–H groups in total. The minimum Gasteiger partial charge on any atom is -0.333 e. The molecule has 1 aromatic heterocycles. The van der Waals surface area contributed by atoms with Crippen molar-refractivity contribution in [3.05, 3.63) is 23.8 Å². The van der Waals surface area contributed by atoms with Gasteiger partial charge in [0.2, 0.25) is 0 Å². The summed E-state index contributed by atoms with van der Waals surface area (Å²) in [6, 6.07) is 4.24. The largest absolute Gasteiger partial charge is 0.333 e. The standard InChI is InChI=1S/C11H9F2N3S/c1-6(4-14)5-17-11-15-9-2-7(12)8(13)3-10(9)16-11/h2-3,6H,5H2,1H3,(H,15,16). The van der Waals surface area contributed by atoms with E-state index < -0.39 is 11.6 Å². The van der Waals surface area contributed by atoms with Crippen LogP contribution in [0.4, 0.5) is 8.78 Å². The molecular weight excluding hydrogens is 244 g/mol. The fourth-order valence-corrected chi connectivity index (χ4v) is 2.12. The van der Waals surface area contributed by atoms with Gasteiger partial charge in [-0.05, 0) is 6.92 Å². The molecule has 0 aliphatic rings. The van der Waals surface area contributed by atoms with Gasteiger partial charge in [0.25, 0.3) is 0 Å². The Labute approximate surface area is 101 Å². The summed E-state index contributed by atoms with van der Waals surface area (Å²) in [5.74, 6) is -1.32. The van der Waals surface area contributed by atoms with Crippen LogP contribution >= 0.6 is 11.8 Å². The Kier molecular flexibility index (Phi) is 3.29. The molecule has 0 saturated carbocycles. The van der Waals surface area contributed by atoms with E-state index in [4.69, 9.17) is 5.26 Å². The first-order valence-electron chi connectivity index (χ1n) is 4.97. The molecule has 0 fully saturated rings. The predicted octanol–water partition coefficient (Wildman–Crippen LogP) is 3.09. The first kappa shape index (κ1) is 11.9. The molecule has 1 atom stereocenters. The number of H-pyrrole nitrogens is 1. The van der Waals surface area contributed by atoms with Crippen LogP contribution in [-0.4, -0.2) is 15.7 Å². The molecule has 2 rings (SSSR count). The van der Waals surface area contributed by atoms with E-state index in [9.17, 15) is 8.78 Å². The highest BCUT2D eigenvalue weighted by molar-refractivity contribution is 7.99. The number of hydrogen-bond acceptors (Lipinski definition) is 3. The molecule has 0 radical (unpaired) electrons. The van der Waals surface area contributed by atoms with Crippen LogP contribution in [0.3, 0.4) is 0 Å². The zero-order valence-corrected chi connectivity index (χ0v) is 9.81. The lowest BCUT2D eigenvalue weighted by molar-refractivity contribution is 0.510. The molecule has 17 heavy (non-hydrogen) atoms. The number of rotatable bonds is 3. The van der Waals surface area contributed by atoms with Gasteiger partial charge in [-0.3, -0.25) is 0 Å². The molecule has 0 spiro atoms. The molecule has 0 amide bonds. The molecule has 2 aromatic rings. The van der Waals surface area contributed by atoms with Crippen LogP contribution in [0, 0.1) is 28.9 Å². The highest BCUT2D eigenvalue weighted by Crippen LogP contribution is 2.22. The minimum atomic E-state index is -0.911. The second-order valence-corrected chi connectivity index (χ2v) is 4.68. The van der Waals surface area contributed by atoms with Crippen LogP contribution in [0.5, 0.6) is 0 Å². The third-order valence-electron chi connectivity index (χ3n) is 2.19. The number of benzene rings is 1. The fourth-order valence-electron chi connectivity index (χ4n) is 1.29. The first-order chi connectivity index (χ1) is 8.10. The van der Waals surface area contributed by atoms with Crippen LogP contribution in [0.25, 0.3) is 11.0 Å². The van der Waals surface area contributed by atoms with Crippen molar-refractivity contribution in [3.63, 3.8) is 0 Å². The molecule has 0 aliphatic heterocycles. The maximum absolute atomic E-state index is 13.0. The van der Waals surface area contributed by atoms with E-state index in [2.05, 4.69) is 16.0 Å². The van der Waals surface area contributed by atoms with Crippen molar-refractivity contribution in [1.82, 2.24) is 9.97 Å². The lowest BCUT2D eigenvalue weighted by Crippen LogP contribution is -1.93. The zero-order valence-electron chi connectivity index (χ0n) is 9.00. The van der Waals surface area contributed by atoms with Crippen molar-refractivity contribution in [1.29, 1.82) is 5.26 Å². The van der Waals surface area contributed by atoms with Gasteiger partial charge in [-0.2, -0.15) is 5.26 Å². The van der Waals surface area contributed by atoms with Crippen LogP contribution in [0.2, 0.25) is 0 Å². The number of nitrogens with zero attached hydrogens (tertiary/aromatic N) is 2. The number of thioether (sulfide) groups is 1. The SMILES string of the molecule is CC(C#N)CSc1nc2cc(F)c(F)cc2[nH]1. The number of fused-ring (bicyclic) bond motifs is 1. The Bertz CT molecular complexity index is 549. The van der Waals surface area contributed by atoms with Crippen molar-refractivity contribution < 1.29 is 8.78 Å². The fraction of sp³-hybridized carbons (Fsp3) is 0.273. The van der Waals surface area contributed by atoms with Crippen LogP contribution in [0.15, 0.2) is 17.3 Å². The van der Waals surface area contributed by atoms with E-state index in [1.54, 1.807) is 6.92 Å². The van der Waals surface area contributed by atoms with E-state index in [1.807, 2.05) is 0 Å². The molecule has 0 saturated heterocycles. The van der Waals surface area contributed by atoms with E-state index in [0.29, 0.717) is 21.9 Å². The van der Waals surface area contributed by atoms with Crippen LogP contribution in [-0.2, 0) is 0 Å². The monoisotopic (exact) mass is 253 g/mol. The molecule has 0 bridgehead atoms. The summed E-state index contributed by atoms with van der Waals surface area (Å²) >= 11 is 1.36. The average Bonchev–Trinajstić information content (AvgIpc) is 2.68. The second-order valence-electron chi connectivity index (χ2n) is 3.67. The summed E-state index contributed by atoms with van der Waals surface area (Å²) in [6.07, 6.45) is 0. The number of aromatic nitrogens is 2. The maximum Gasteiger partial charge on any atom is 0.166 e. The highest BCUT2D eigenvalue weighted by Gasteiger charge is 2.09. The van der Waals surface area contributed by atoms with Gasteiger partial charge >= 0.3 is 0 Å².